The van der Waals surface area contributed by atoms with Crippen LogP contribution in [0, 0.1) is 0 Å². The Morgan fingerprint density at radius 3 is 2.45 bits per heavy atom. The van der Waals surface area contributed by atoms with Gasteiger partial charge in [-0.1, -0.05) is 0 Å². The third-order valence-corrected chi connectivity index (χ3v) is 4.30. The zero-order valence-corrected chi connectivity index (χ0v) is 7.96. The van der Waals surface area contributed by atoms with Crippen LogP contribution in [0.15, 0.2) is 0 Å². The van der Waals surface area contributed by atoms with Crippen molar-refractivity contribution in [2.24, 2.45) is 5.73 Å². The van der Waals surface area contributed by atoms with Crippen molar-refractivity contribution >= 4 is 22.2 Å². The van der Waals surface area contributed by atoms with Crippen molar-refractivity contribution in [3.05, 3.63) is 0 Å². The highest BCUT2D eigenvalue weighted by atomic mass is 35.5. The number of rotatable bonds is 2. The molecule has 1 rings (SSSR count). The molecule has 0 aromatic heterocycles. The topological polar surface area (TPSA) is 60.2 Å². The van der Waals surface area contributed by atoms with Gasteiger partial charge in [0.15, 0.2) is 9.84 Å². The van der Waals surface area contributed by atoms with E-state index < -0.39 is 9.84 Å². The van der Waals surface area contributed by atoms with Gasteiger partial charge in [0.05, 0.1) is 11.0 Å². The van der Waals surface area contributed by atoms with E-state index in [4.69, 9.17) is 5.73 Å². The Balaban J connectivity index is 0.000001000. The standard InChI is InChI=1S/C6H13NO2S.ClH/c7-4-3-6-2-1-5-10(6,8)9;/h6H,1-5,7H2;1H. The molecular weight excluding hydrogens is 186 g/mol. The third-order valence-electron chi connectivity index (χ3n) is 1.95. The first-order valence-corrected chi connectivity index (χ1v) is 5.30. The summed E-state index contributed by atoms with van der Waals surface area (Å²) in [7, 11) is -2.73. The molecule has 1 unspecified atom stereocenters. The second kappa shape index (κ2) is 4.28. The number of sulfone groups is 1. The summed E-state index contributed by atoms with van der Waals surface area (Å²) in [5.41, 5.74) is 5.26. The van der Waals surface area contributed by atoms with Crippen LogP contribution >= 0.6 is 12.4 Å². The molecule has 0 saturated carbocycles. The lowest BCUT2D eigenvalue weighted by molar-refractivity contribution is 0.583. The normalized spacial score (nSPS) is 27.9. The Labute approximate surface area is 73.7 Å². The Hall–Kier alpha value is 0.200. The largest absolute Gasteiger partial charge is 0.330 e. The molecule has 3 nitrogen and oxygen atoms in total. The first kappa shape index (κ1) is 11.2. The molecule has 1 saturated heterocycles. The van der Waals surface area contributed by atoms with Crippen molar-refractivity contribution in [1.29, 1.82) is 0 Å². The average molecular weight is 200 g/mol. The summed E-state index contributed by atoms with van der Waals surface area (Å²) in [6.07, 6.45) is 2.29. The highest BCUT2D eigenvalue weighted by Crippen LogP contribution is 2.21. The van der Waals surface area contributed by atoms with Gasteiger partial charge in [-0.05, 0) is 25.8 Å². The zero-order chi connectivity index (χ0) is 7.61. The monoisotopic (exact) mass is 199 g/mol. The summed E-state index contributed by atoms with van der Waals surface area (Å²) in [6, 6.07) is 0. The highest BCUT2D eigenvalue weighted by molar-refractivity contribution is 7.92. The minimum Gasteiger partial charge on any atom is -0.330 e. The fraction of sp³-hybridized carbons (Fsp3) is 1.00. The SMILES string of the molecule is Cl.NCCC1CCCS1(=O)=O. The van der Waals surface area contributed by atoms with Crippen LogP contribution in [0.2, 0.25) is 0 Å². The molecule has 0 spiro atoms. The van der Waals surface area contributed by atoms with E-state index in [-0.39, 0.29) is 17.7 Å². The van der Waals surface area contributed by atoms with Gasteiger partial charge in [0, 0.05) is 0 Å². The van der Waals surface area contributed by atoms with E-state index in [2.05, 4.69) is 0 Å². The molecule has 0 bridgehead atoms. The third kappa shape index (κ3) is 2.61. The first-order valence-electron chi connectivity index (χ1n) is 3.58. The molecule has 0 radical (unpaired) electrons. The van der Waals surface area contributed by atoms with E-state index >= 15 is 0 Å². The van der Waals surface area contributed by atoms with Crippen LogP contribution in [-0.2, 0) is 9.84 Å². The maximum atomic E-state index is 11.1. The van der Waals surface area contributed by atoms with Crippen LogP contribution in [0.4, 0.5) is 0 Å². The van der Waals surface area contributed by atoms with Crippen molar-refractivity contribution in [2.75, 3.05) is 12.3 Å². The van der Waals surface area contributed by atoms with Crippen molar-refractivity contribution in [3.63, 3.8) is 0 Å². The van der Waals surface area contributed by atoms with Crippen molar-refractivity contribution in [3.8, 4) is 0 Å². The van der Waals surface area contributed by atoms with Gasteiger partial charge in [0.1, 0.15) is 0 Å². The Kier molecular flexibility index (Phi) is 4.36. The van der Waals surface area contributed by atoms with E-state index in [1.807, 2.05) is 0 Å². The summed E-state index contributed by atoms with van der Waals surface area (Å²) >= 11 is 0. The van der Waals surface area contributed by atoms with E-state index in [1.54, 1.807) is 0 Å². The lowest BCUT2D eigenvalue weighted by atomic mass is 10.2. The molecule has 5 heteroatoms. The first-order chi connectivity index (χ1) is 4.67. The zero-order valence-electron chi connectivity index (χ0n) is 6.32. The lowest BCUT2D eigenvalue weighted by Crippen LogP contribution is -2.19. The highest BCUT2D eigenvalue weighted by Gasteiger charge is 2.29. The van der Waals surface area contributed by atoms with Crippen LogP contribution in [0.5, 0.6) is 0 Å². The smallest absolute Gasteiger partial charge is 0.153 e. The predicted octanol–water partition coefficient (Wildman–Crippen LogP) is 0.334. The van der Waals surface area contributed by atoms with E-state index in [0.29, 0.717) is 18.7 Å². The molecule has 1 aliphatic rings. The average Bonchev–Trinajstić information content (AvgIpc) is 2.13. The van der Waals surface area contributed by atoms with Gasteiger partial charge in [-0.3, -0.25) is 0 Å². The molecule has 1 atom stereocenters. The summed E-state index contributed by atoms with van der Waals surface area (Å²) in [6.45, 7) is 0.490. The van der Waals surface area contributed by atoms with Crippen LogP contribution in [0.1, 0.15) is 19.3 Å². The number of nitrogens with two attached hydrogens (primary N) is 1. The molecule has 0 aromatic carbocycles. The van der Waals surface area contributed by atoms with Gasteiger partial charge < -0.3 is 5.73 Å². The Morgan fingerprint density at radius 2 is 2.09 bits per heavy atom. The van der Waals surface area contributed by atoms with Gasteiger partial charge >= 0.3 is 0 Å². The molecule has 0 amide bonds. The fourth-order valence-corrected chi connectivity index (χ4v) is 3.29. The summed E-state index contributed by atoms with van der Waals surface area (Å²) in [4.78, 5) is 0. The maximum absolute atomic E-state index is 11.1. The molecule has 1 heterocycles. The fourth-order valence-electron chi connectivity index (χ4n) is 1.37. The number of hydrogen-bond donors (Lipinski definition) is 1. The van der Waals surface area contributed by atoms with Crippen LogP contribution < -0.4 is 5.73 Å². The molecule has 1 fully saturated rings. The van der Waals surface area contributed by atoms with Crippen molar-refractivity contribution in [2.45, 2.75) is 24.5 Å². The molecule has 0 aliphatic carbocycles. The Morgan fingerprint density at radius 1 is 1.45 bits per heavy atom. The van der Waals surface area contributed by atoms with Gasteiger partial charge in [0.25, 0.3) is 0 Å². The van der Waals surface area contributed by atoms with E-state index in [9.17, 15) is 8.42 Å². The van der Waals surface area contributed by atoms with Gasteiger partial charge in [-0.25, -0.2) is 8.42 Å². The molecule has 11 heavy (non-hydrogen) atoms. The minimum absolute atomic E-state index is 0. The molecular formula is C6H14ClNO2S. The second-order valence-corrected chi connectivity index (χ2v) is 5.11. The molecule has 1 aliphatic heterocycles. The van der Waals surface area contributed by atoms with Gasteiger partial charge in [0.2, 0.25) is 0 Å². The van der Waals surface area contributed by atoms with Crippen LogP contribution in [-0.4, -0.2) is 26.0 Å². The van der Waals surface area contributed by atoms with E-state index in [1.165, 1.54) is 0 Å². The number of hydrogen-bond acceptors (Lipinski definition) is 3. The Bertz CT molecular complexity index is 203. The second-order valence-electron chi connectivity index (χ2n) is 2.71. The molecule has 0 aromatic rings. The quantitative estimate of drug-likeness (QED) is 0.698. The minimum atomic E-state index is -2.73. The van der Waals surface area contributed by atoms with Crippen LogP contribution in [0.25, 0.3) is 0 Å². The lowest BCUT2D eigenvalue weighted by Gasteiger charge is -2.05. The van der Waals surface area contributed by atoms with Crippen molar-refractivity contribution < 1.29 is 8.42 Å². The summed E-state index contributed by atoms with van der Waals surface area (Å²) in [5.74, 6) is 0.373. The summed E-state index contributed by atoms with van der Waals surface area (Å²) in [5, 5.41) is -0.127. The van der Waals surface area contributed by atoms with E-state index in [0.717, 1.165) is 12.8 Å². The van der Waals surface area contributed by atoms with Gasteiger partial charge in [-0.15, -0.1) is 12.4 Å². The molecule has 2 N–H and O–H groups in total. The molecule has 68 valence electrons. The van der Waals surface area contributed by atoms with Crippen molar-refractivity contribution in [1.82, 2.24) is 0 Å². The predicted molar refractivity (Wildman–Crippen MR) is 47.7 cm³/mol. The number of halogens is 1. The summed E-state index contributed by atoms with van der Waals surface area (Å²) < 4.78 is 22.2. The maximum Gasteiger partial charge on any atom is 0.153 e. The van der Waals surface area contributed by atoms with Crippen LogP contribution in [0.3, 0.4) is 0 Å². The van der Waals surface area contributed by atoms with Gasteiger partial charge in [-0.2, -0.15) is 0 Å².